The van der Waals surface area contributed by atoms with E-state index in [2.05, 4.69) is 11.9 Å². The zero-order chi connectivity index (χ0) is 34.6. The molecule has 0 spiro atoms. The van der Waals surface area contributed by atoms with Crippen LogP contribution in [0.3, 0.4) is 0 Å². The van der Waals surface area contributed by atoms with Gasteiger partial charge < -0.3 is 29.7 Å². The lowest BCUT2D eigenvalue weighted by Gasteiger charge is -2.41. The standard InChI is InChI=1S/C37H43FN6O5/c1-6-29(45)42-14-15-43(22(5)17-42)35-25-16-21(4)32-30-26(38)8-7-9-27(30)49-19-28(48-18-23-10-11-23)34(46)24-12-13-39-31(20(2)3)33(24)44(36(25)40-32)37(47)41-35/h6-9,12-13,16,20,22-23,28,31,34,39,46H,1,10-11,14-15,17-19H2,2-5H3/t22-,28?,31?,34?/m0/s1. The van der Waals surface area contributed by atoms with Gasteiger partial charge in [-0.15, -0.1) is 0 Å². The highest BCUT2D eigenvalue weighted by molar-refractivity contribution is 5.93. The van der Waals surface area contributed by atoms with Gasteiger partial charge in [0.1, 0.15) is 36.2 Å². The molecule has 7 rings (SSSR count). The number of piperazine rings is 1. The number of aromatic nitrogens is 3. The van der Waals surface area contributed by atoms with Crippen molar-refractivity contribution in [2.75, 3.05) is 37.7 Å². The van der Waals surface area contributed by atoms with Crippen molar-refractivity contribution < 1.29 is 23.8 Å². The molecule has 2 aromatic heterocycles. The highest BCUT2D eigenvalue weighted by Crippen LogP contribution is 2.39. The molecule has 1 amide bonds. The number of carbonyl (C=O) groups is 1. The van der Waals surface area contributed by atoms with Crippen LogP contribution in [0.1, 0.15) is 39.2 Å². The summed E-state index contributed by atoms with van der Waals surface area (Å²) in [4.78, 5) is 40.5. The highest BCUT2D eigenvalue weighted by atomic mass is 19.1. The number of aryl methyl sites for hydroxylation is 1. The molecule has 5 heterocycles. The Kier molecular flexibility index (Phi) is 8.78. The first-order valence-corrected chi connectivity index (χ1v) is 17.1. The van der Waals surface area contributed by atoms with Crippen LogP contribution in [0, 0.1) is 24.6 Å². The average molecular weight is 671 g/mol. The minimum absolute atomic E-state index is 0.0163. The first-order valence-electron chi connectivity index (χ1n) is 17.1. The molecule has 2 N–H and O–H groups in total. The number of carbonyl (C=O) groups excluding carboxylic acids is 1. The predicted octanol–water partition coefficient (Wildman–Crippen LogP) is 4.03. The summed E-state index contributed by atoms with van der Waals surface area (Å²) in [5.74, 6) is 0.421. The number of rotatable bonds is 6. The Morgan fingerprint density at radius 2 is 2.06 bits per heavy atom. The molecule has 3 aromatic rings. The summed E-state index contributed by atoms with van der Waals surface area (Å²) in [6.07, 6.45) is 4.99. The molecule has 11 nitrogen and oxygen atoms in total. The molecule has 4 atom stereocenters. The highest BCUT2D eigenvalue weighted by Gasteiger charge is 2.37. The van der Waals surface area contributed by atoms with Crippen LogP contribution in [0.2, 0.25) is 0 Å². The van der Waals surface area contributed by atoms with Crippen molar-refractivity contribution in [3.63, 3.8) is 0 Å². The van der Waals surface area contributed by atoms with E-state index in [4.69, 9.17) is 19.4 Å². The lowest BCUT2D eigenvalue weighted by atomic mass is 9.90. The molecule has 258 valence electrons. The van der Waals surface area contributed by atoms with E-state index in [-0.39, 0.29) is 41.4 Å². The van der Waals surface area contributed by atoms with Crippen LogP contribution in [0.4, 0.5) is 10.2 Å². The third-order valence-corrected chi connectivity index (χ3v) is 9.99. The molecule has 12 heteroatoms. The molecule has 4 aliphatic rings. The Balaban J connectivity index is 1.51. The zero-order valence-corrected chi connectivity index (χ0v) is 28.4. The van der Waals surface area contributed by atoms with Crippen molar-refractivity contribution in [2.45, 2.75) is 64.8 Å². The number of dihydropyridines is 1. The van der Waals surface area contributed by atoms with Crippen molar-refractivity contribution in [2.24, 2.45) is 11.8 Å². The topological polar surface area (TPSA) is 122 Å². The average Bonchev–Trinajstić information content (AvgIpc) is 3.91. The Morgan fingerprint density at radius 1 is 1.27 bits per heavy atom. The van der Waals surface area contributed by atoms with Crippen molar-refractivity contribution in [1.29, 1.82) is 0 Å². The van der Waals surface area contributed by atoms with Crippen LogP contribution in [-0.2, 0) is 9.53 Å². The summed E-state index contributed by atoms with van der Waals surface area (Å²) in [7, 11) is 0. The van der Waals surface area contributed by atoms with E-state index < -0.39 is 29.8 Å². The second-order valence-corrected chi connectivity index (χ2v) is 13.9. The van der Waals surface area contributed by atoms with Crippen LogP contribution in [0.15, 0.2) is 59.6 Å². The third-order valence-electron chi connectivity index (χ3n) is 9.99. The fraction of sp³-hybridized carbons (Fsp3) is 0.459. The number of halogens is 1. The van der Waals surface area contributed by atoms with Crippen molar-refractivity contribution in [1.82, 2.24) is 24.8 Å². The number of nitrogens with one attached hydrogen (secondary N) is 1. The van der Waals surface area contributed by atoms with E-state index in [9.17, 15) is 14.7 Å². The smallest absolute Gasteiger partial charge is 0.355 e. The Bertz CT molecular complexity index is 1930. The monoisotopic (exact) mass is 670 g/mol. The Hall–Kier alpha value is -4.55. The zero-order valence-electron chi connectivity index (χ0n) is 28.4. The van der Waals surface area contributed by atoms with E-state index >= 15 is 4.39 Å². The van der Waals surface area contributed by atoms with Gasteiger partial charge in [0.05, 0.1) is 35.0 Å². The van der Waals surface area contributed by atoms with Crippen LogP contribution < -0.4 is 20.6 Å². The summed E-state index contributed by atoms with van der Waals surface area (Å²) in [5, 5.41) is 16.1. The van der Waals surface area contributed by atoms with Crippen molar-refractivity contribution in [3.05, 3.63) is 76.6 Å². The van der Waals surface area contributed by atoms with E-state index in [1.165, 1.54) is 16.7 Å². The largest absolute Gasteiger partial charge is 0.490 e. The van der Waals surface area contributed by atoms with E-state index in [1.54, 1.807) is 29.3 Å². The number of amides is 1. The minimum Gasteiger partial charge on any atom is -0.490 e. The maximum absolute atomic E-state index is 15.9. The van der Waals surface area contributed by atoms with Crippen LogP contribution >= 0.6 is 0 Å². The number of pyridine rings is 1. The molecule has 3 unspecified atom stereocenters. The van der Waals surface area contributed by atoms with Crippen LogP contribution in [0.5, 0.6) is 5.75 Å². The number of fused-ring (bicyclic) bond motifs is 4. The van der Waals surface area contributed by atoms with Gasteiger partial charge in [0.25, 0.3) is 0 Å². The van der Waals surface area contributed by atoms with Gasteiger partial charge in [0.2, 0.25) is 5.91 Å². The van der Waals surface area contributed by atoms with E-state index in [0.717, 1.165) is 12.8 Å². The number of hydrogen-bond acceptors (Lipinski definition) is 9. The summed E-state index contributed by atoms with van der Waals surface area (Å²) >= 11 is 0. The Morgan fingerprint density at radius 3 is 2.78 bits per heavy atom. The normalized spacial score (nSPS) is 23.8. The molecular weight excluding hydrogens is 627 g/mol. The molecule has 1 aromatic carbocycles. The second kappa shape index (κ2) is 13.1. The van der Waals surface area contributed by atoms with Crippen LogP contribution in [-0.4, -0.2) is 87.6 Å². The SMILES string of the molecule is C=CC(=O)N1CCN(c2nc(=O)n3c4nc(c(C)cc24)-c2c(F)cccc2OCC(OCC2CC2)C(O)C2=C3C(C(C)C)NC=C2)[C@@H](C)C1. The Labute approximate surface area is 284 Å². The first-order chi connectivity index (χ1) is 23.6. The molecular formula is C37H43FN6O5. The summed E-state index contributed by atoms with van der Waals surface area (Å²) in [5.41, 5.74) is 1.86. The molecule has 0 radical (unpaired) electrons. The van der Waals surface area contributed by atoms with Gasteiger partial charge in [-0.25, -0.2) is 18.7 Å². The molecule has 3 aliphatic heterocycles. The molecule has 1 saturated heterocycles. The summed E-state index contributed by atoms with van der Waals surface area (Å²) < 4.78 is 30.0. The summed E-state index contributed by atoms with van der Waals surface area (Å²) in [6.45, 7) is 13.2. The second-order valence-electron chi connectivity index (χ2n) is 13.9. The lowest BCUT2D eigenvalue weighted by Crippen LogP contribution is -2.54. The maximum Gasteiger partial charge on any atom is 0.355 e. The lowest BCUT2D eigenvalue weighted by molar-refractivity contribution is -0.126. The maximum atomic E-state index is 15.9. The summed E-state index contributed by atoms with van der Waals surface area (Å²) in [6, 6.07) is 5.92. The van der Waals surface area contributed by atoms with Gasteiger partial charge in [-0.3, -0.25) is 4.79 Å². The van der Waals surface area contributed by atoms with Gasteiger partial charge >= 0.3 is 5.69 Å². The quantitative estimate of drug-likeness (QED) is 0.375. The molecule has 1 aliphatic carbocycles. The van der Waals surface area contributed by atoms with E-state index in [1.807, 2.05) is 38.7 Å². The molecule has 49 heavy (non-hydrogen) atoms. The third kappa shape index (κ3) is 6.01. The molecule has 2 bridgehead atoms. The van der Waals surface area contributed by atoms with Gasteiger partial charge in [-0.05, 0) is 80.6 Å². The van der Waals surface area contributed by atoms with Crippen LogP contribution in [0.25, 0.3) is 28.0 Å². The molecule has 1 saturated carbocycles. The van der Waals surface area contributed by atoms with E-state index in [0.29, 0.717) is 65.9 Å². The minimum atomic E-state index is -1.19. The molecule has 2 fully saturated rings. The number of hydrogen-bond donors (Lipinski definition) is 2. The number of benzene rings is 1. The fourth-order valence-electron chi connectivity index (χ4n) is 7.13. The number of aliphatic hydroxyl groups is 1. The van der Waals surface area contributed by atoms with Gasteiger partial charge in [-0.2, -0.15) is 4.98 Å². The van der Waals surface area contributed by atoms with Gasteiger partial charge in [-0.1, -0.05) is 26.5 Å². The number of anilines is 1. The predicted molar refractivity (Wildman–Crippen MR) is 186 cm³/mol. The van der Waals surface area contributed by atoms with Gasteiger partial charge in [0, 0.05) is 31.2 Å². The number of aliphatic hydroxyl groups excluding tert-OH is 1. The van der Waals surface area contributed by atoms with Crippen molar-refractivity contribution in [3.8, 4) is 17.0 Å². The number of ether oxygens (including phenoxy) is 2. The first kappa shape index (κ1) is 33.0. The van der Waals surface area contributed by atoms with Gasteiger partial charge in [0.15, 0.2) is 5.65 Å². The fourth-order valence-corrected chi connectivity index (χ4v) is 7.13. The number of nitrogens with zero attached hydrogens (tertiary/aromatic N) is 5. The van der Waals surface area contributed by atoms with Crippen molar-refractivity contribution >= 4 is 28.5 Å².